The molecule has 86 valence electrons. The van der Waals surface area contributed by atoms with E-state index in [1.807, 2.05) is 23.1 Å². The summed E-state index contributed by atoms with van der Waals surface area (Å²) in [5.74, 6) is 0. The van der Waals surface area contributed by atoms with Crippen LogP contribution >= 0.6 is 39.0 Å². The van der Waals surface area contributed by atoms with Gasteiger partial charge in [0.15, 0.2) is 0 Å². The van der Waals surface area contributed by atoms with Gasteiger partial charge in [0.2, 0.25) is 0 Å². The molecule has 0 spiro atoms. The van der Waals surface area contributed by atoms with Crippen LogP contribution in [0.4, 0.5) is 0 Å². The number of hydrogen-bond donors (Lipinski definition) is 0. The van der Waals surface area contributed by atoms with Crippen molar-refractivity contribution < 1.29 is 0 Å². The normalized spacial score (nSPS) is 23.1. The highest BCUT2D eigenvalue weighted by molar-refractivity contribution is 9.11. The standard InChI is InChI=1S/C14H11BrS2/c15-13-8-7-12(17-13)14(9-4-10-16-14)11-5-2-1-3-6-11/h1-8,10H,9H2. The highest BCUT2D eigenvalue weighted by Gasteiger charge is 2.37. The van der Waals surface area contributed by atoms with Crippen molar-refractivity contribution in [1.82, 2.24) is 0 Å². The zero-order valence-corrected chi connectivity index (χ0v) is 12.3. The van der Waals surface area contributed by atoms with E-state index in [0.717, 1.165) is 6.42 Å². The topological polar surface area (TPSA) is 0 Å². The fourth-order valence-corrected chi connectivity index (χ4v) is 5.00. The second-order valence-electron chi connectivity index (χ2n) is 3.99. The maximum absolute atomic E-state index is 3.56. The Morgan fingerprint density at radius 1 is 1.06 bits per heavy atom. The molecule has 0 saturated heterocycles. The Bertz CT molecular complexity index is 534. The largest absolute Gasteiger partial charge is 0.131 e. The maximum Gasteiger partial charge on any atom is 0.0825 e. The molecule has 17 heavy (non-hydrogen) atoms. The van der Waals surface area contributed by atoms with Gasteiger partial charge in [-0.1, -0.05) is 36.4 Å². The monoisotopic (exact) mass is 322 g/mol. The van der Waals surface area contributed by atoms with Crippen molar-refractivity contribution in [3.05, 3.63) is 68.2 Å². The molecule has 2 heterocycles. The van der Waals surface area contributed by atoms with Crippen molar-refractivity contribution in [1.29, 1.82) is 0 Å². The highest BCUT2D eigenvalue weighted by atomic mass is 79.9. The summed E-state index contributed by atoms with van der Waals surface area (Å²) in [6, 6.07) is 15.2. The summed E-state index contributed by atoms with van der Waals surface area (Å²) in [4.78, 5) is 1.42. The molecule has 0 bridgehead atoms. The molecule has 2 aromatic rings. The third-order valence-electron chi connectivity index (χ3n) is 2.98. The predicted octanol–water partition coefficient (Wildman–Crippen LogP) is 5.40. The van der Waals surface area contributed by atoms with Crippen LogP contribution in [-0.4, -0.2) is 0 Å². The number of benzene rings is 1. The zero-order chi connectivity index (χ0) is 11.7. The molecule has 0 amide bonds. The quantitative estimate of drug-likeness (QED) is 0.712. The minimum absolute atomic E-state index is 0.0952. The third-order valence-corrected chi connectivity index (χ3v) is 6.25. The van der Waals surface area contributed by atoms with Crippen LogP contribution in [0.2, 0.25) is 0 Å². The molecule has 0 fully saturated rings. The van der Waals surface area contributed by atoms with Crippen LogP contribution in [0.15, 0.2) is 57.7 Å². The first-order valence-electron chi connectivity index (χ1n) is 5.45. The van der Waals surface area contributed by atoms with E-state index in [2.05, 4.69) is 69.9 Å². The summed E-state index contributed by atoms with van der Waals surface area (Å²) in [5, 5.41) is 2.22. The van der Waals surface area contributed by atoms with E-state index >= 15 is 0 Å². The van der Waals surface area contributed by atoms with Gasteiger partial charge in [-0.05, 0) is 45.5 Å². The number of thiophene rings is 1. The molecular weight excluding hydrogens is 312 g/mol. The lowest BCUT2D eigenvalue weighted by molar-refractivity contribution is 0.787. The molecule has 1 aromatic heterocycles. The Labute approximate surface area is 118 Å². The molecule has 3 heteroatoms. The van der Waals surface area contributed by atoms with Crippen molar-refractivity contribution in [2.24, 2.45) is 0 Å². The van der Waals surface area contributed by atoms with E-state index in [-0.39, 0.29) is 4.75 Å². The van der Waals surface area contributed by atoms with Gasteiger partial charge < -0.3 is 0 Å². The van der Waals surface area contributed by atoms with Crippen LogP contribution in [0.1, 0.15) is 16.9 Å². The predicted molar refractivity (Wildman–Crippen MR) is 80.6 cm³/mol. The van der Waals surface area contributed by atoms with Gasteiger partial charge in [-0.2, -0.15) is 0 Å². The van der Waals surface area contributed by atoms with E-state index in [0.29, 0.717) is 0 Å². The van der Waals surface area contributed by atoms with E-state index in [4.69, 9.17) is 0 Å². The summed E-state index contributed by atoms with van der Waals surface area (Å²) in [6.45, 7) is 0. The van der Waals surface area contributed by atoms with E-state index in [1.54, 1.807) is 0 Å². The van der Waals surface area contributed by atoms with Crippen LogP contribution in [0.3, 0.4) is 0 Å². The van der Waals surface area contributed by atoms with Crippen molar-refractivity contribution in [3.63, 3.8) is 0 Å². The SMILES string of the molecule is Brc1ccc(C2(c3ccccc3)CC=CS2)s1. The van der Waals surface area contributed by atoms with Gasteiger partial charge >= 0.3 is 0 Å². The Balaban J connectivity index is 2.11. The average molecular weight is 323 g/mol. The summed E-state index contributed by atoms with van der Waals surface area (Å²) < 4.78 is 1.30. The summed E-state index contributed by atoms with van der Waals surface area (Å²) >= 11 is 7.32. The van der Waals surface area contributed by atoms with Crippen LogP contribution < -0.4 is 0 Å². The number of halogens is 1. The van der Waals surface area contributed by atoms with Gasteiger partial charge in [0.1, 0.15) is 0 Å². The molecule has 0 aliphatic carbocycles. The molecule has 0 radical (unpaired) electrons. The molecule has 1 aliphatic heterocycles. The lowest BCUT2D eigenvalue weighted by atomic mass is 9.93. The Morgan fingerprint density at radius 2 is 1.88 bits per heavy atom. The molecule has 3 rings (SSSR count). The van der Waals surface area contributed by atoms with E-state index < -0.39 is 0 Å². The fourth-order valence-electron chi connectivity index (χ4n) is 2.15. The maximum atomic E-state index is 3.56. The van der Waals surface area contributed by atoms with Gasteiger partial charge in [0, 0.05) is 4.88 Å². The molecule has 0 N–H and O–H groups in total. The number of allylic oxidation sites excluding steroid dienone is 1. The van der Waals surface area contributed by atoms with Crippen molar-refractivity contribution in [2.45, 2.75) is 11.2 Å². The van der Waals surface area contributed by atoms with Crippen LogP contribution in [0.5, 0.6) is 0 Å². The Hall–Kier alpha value is -0.510. The van der Waals surface area contributed by atoms with Crippen molar-refractivity contribution in [2.75, 3.05) is 0 Å². The second kappa shape index (κ2) is 4.63. The van der Waals surface area contributed by atoms with Gasteiger partial charge in [0.05, 0.1) is 8.53 Å². The molecular formula is C14H11BrS2. The molecule has 0 saturated carbocycles. The first-order valence-corrected chi connectivity index (χ1v) is 7.94. The molecule has 1 aromatic carbocycles. The number of rotatable bonds is 2. The smallest absolute Gasteiger partial charge is 0.0825 e. The van der Waals surface area contributed by atoms with Crippen LogP contribution in [0.25, 0.3) is 0 Å². The lowest BCUT2D eigenvalue weighted by Gasteiger charge is -2.27. The van der Waals surface area contributed by atoms with Crippen molar-refractivity contribution >= 4 is 39.0 Å². The van der Waals surface area contributed by atoms with Gasteiger partial charge in [0.25, 0.3) is 0 Å². The summed E-state index contributed by atoms with van der Waals surface area (Å²) in [7, 11) is 0. The second-order valence-corrected chi connectivity index (χ2v) is 7.66. The van der Waals surface area contributed by atoms with Crippen LogP contribution in [0, 0.1) is 0 Å². The van der Waals surface area contributed by atoms with Gasteiger partial charge in [-0.25, -0.2) is 0 Å². The van der Waals surface area contributed by atoms with E-state index in [9.17, 15) is 0 Å². The van der Waals surface area contributed by atoms with Crippen molar-refractivity contribution in [3.8, 4) is 0 Å². The Kier molecular flexibility index (Phi) is 3.16. The number of hydrogen-bond acceptors (Lipinski definition) is 2. The first-order chi connectivity index (χ1) is 8.31. The number of thioether (sulfide) groups is 1. The fraction of sp³-hybridized carbons (Fsp3) is 0.143. The summed E-state index contributed by atoms with van der Waals surface area (Å²) in [6.07, 6.45) is 3.35. The van der Waals surface area contributed by atoms with Gasteiger partial charge in [-0.3, -0.25) is 0 Å². The van der Waals surface area contributed by atoms with Crippen LogP contribution in [-0.2, 0) is 4.75 Å². The van der Waals surface area contributed by atoms with E-state index in [1.165, 1.54) is 14.2 Å². The summed E-state index contributed by atoms with van der Waals surface area (Å²) in [5.41, 5.74) is 1.39. The molecule has 1 unspecified atom stereocenters. The average Bonchev–Trinajstić information content (AvgIpc) is 2.99. The minimum atomic E-state index is 0.0952. The third kappa shape index (κ3) is 2.01. The lowest BCUT2D eigenvalue weighted by Crippen LogP contribution is -2.18. The molecule has 1 aliphatic rings. The Morgan fingerprint density at radius 3 is 2.47 bits per heavy atom. The zero-order valence-electron chi connectivity index (χ0n) is 9.10. The highest BCUT2D eigenvalue weighted by Crippen LogP contribution is 2.52. The van der Waals surface area contributed by atoms with Gasteiger partial charge in [-0.15, -0.1) is 23.1 Å². The molecule has 0 nitrogen and oxygen atoms in total. The minimum Gasteiger partial charge on any atom is -0.131 e. The first kappa shape index (κ1) is 11.6. The molecule has 1 atom stereocenters.